The molecule has 1 atom stereocenters. The Morgan fingerprint density at radius 1 is 1.22 bits per heavy atom. The van der Waals surface area contributed by atoms with E-state index in [1.165, 1.54) is 19.4 Å². The molecule has 0 fully saturated rings. The zero-order valence-corrected chi connectivity index (χ0v) is 17.8. The van der Waals surface area contributed by atoms with E-state index in [-0.39, 0.29) is 24.0 Å². The van der Waals surface area contributed by atoms with Crippen LogP contribution >= 0.6 is 0 Å². The first-order chi connectivity index (χ1) is 15.4. The zero-order valence-electron chi connectivity index (χ0n) is 17.8. The van der Waals surface area contributed by atoms with Crippen molar-refractivity contribution in [2.24, 2.45) is 5.73 Å². The number of hydrogen-bond acceptors (Lipinski definition) is 5. The van der Waals surface area contributed by atoms with Crippen LogP contribution in [0.3, 0.4) is 0 Å². The highest BCUT2D eigenvalue weighted by molar-refractivity contribution is 5.96. The molecule has 1 aliphatic rings. The van der Waals surface area contributed by atoms with Crippen molar-refractivity contribution in [3.05, 3.63) is 88.3 Å². The van der Waals surface area contributed by atoms with Crippen molar-refractivity contribution in [1.82, 2.24) is 14.9 Å². The van der Waals surface area contributed by atoms with E-state index in [1.807, 2.05) is 0 Å². The van der Waals surface area contributed by atoms with E-state index in [1.54, 1.807) is 48.4 Å². The monoisotopic (exact) mass is 434 g/mol. The Balaban J connectivity index is 1.82. The van der Waals surface area contributed by atoms with E-state index in [4.69, 9.17) is 10.5 Å². The van der Waals surface area contributed by atoms with E-state index in [0.29, 0.717) is 46.5 Å². The Kier molecular flexibility index (Phi) is 5.85. The van der Waals surface area contributed by atoms with Gasteiger partial charge >= 0.3 is 0 Å². The average Bonchev–Trinajstić information content (AvgIpc) is 3.21. The van der Waals surface area contributed by atoms with Gasteiger partial charge in [-0.15, -0.1) is 0 Å². The third kappa shape index (κ3) is 3.91. The van der Waals surface area contributed by atoms with Crippen LogP contribution in [0.15, 0.2) is 48.8 Å². The molecular weight excluding hydrogens is 411 g/mol. The van der Waals surface area contributed by atoms with E-state index in [9.17, 15) is 14.0 Å². The molecule has 1 aromatic carbocycles. The van der Waals surface area contributed by atoms with Gasteiger partial charge in [-0.05, 0) is 55.2 Å². The van der Waals surface area contributed by atoms with Gasteiger partial charge in [0, 0.05) is 36.3 Å². The molecule has 0 aliphatic heterocycles. The number of primary amides is 1. The molecule has 3 aromatic rings. The van der Waals surface area contributed by atoms with Crippen LogP contribution in [0.4, 0.5) is 4.39 Å². The standard InChI is InChI=1S/C24H23FN4O3/c1-14-17(6-4-9-27-14)24(31)29(13-15-5-3-10-28-22(15)23(26)30)21-8-7-18-19(21)11-16(32-2)12-20(18)25/h3-6,9-12,21H,7-8,13H2,1-2H3,(H2,26,30)/t21-/m1/s1. The van der Waals surface area contributed by atoms with Gasteiger partial charge < -0.3 is 15.4 Å². The van der Waals surface area contributed by atoms with Crippen LogP contribution in [0.5, 0.6) is 5.75 Å². The SMILES string of the molecule is COc1cc(F)c2c(c1)[C@H](N(Cc1cccnc1C(N)=O)C(=O)c1cccnc1C)CC2. The first-order valence-electron chi connectivity index (χ1n) is 10.2. The molecule has 7 nitrogen and oxygen atoms in total. The minimum atomic E-state index is -0.676. The number of benzene rings is 1. The number of methoxy groups -OCH3 is 1. The predicted octanol–water partition coefficient (Wildman–Crippen LogP) is 3.36. The minimum Gasteiger partial charge on any atom is -0.497 e. The van der Waals surface area contributed by atoms with Crippen molar-refractivity contribution < 1.29 is 18.7 Å². The zero-order chi connectivity index (χ0) is 22.8. The lowest BCUT2D eigenvalue weighted by Gasteiger charge is -2.31. The van der Waals surface area contributed by atoms with Gasteiger partial charge in [0.05, 0.1) is 18.7 Å². The second-order valence-corrected chi connectivity index (χ2v) is 7.68. The van der Waals surface area contributed by atoms with E-state index in [2.05, 4.69) is 9.97 Å². The van der Waals surface area contributed by atoms with Crippen LogP contribution in [0.1, 0.15) is 55.7 Å². The van der Waals surface area contributed by atoms with Crippen molar-refractivity contribution in [1.29, 1.82) is 0 Å². The second-order valence-electron chi connectivity index (χ2n) is 7.68. The van der Waals surface area contributed by atoms with Crippen LogP contribution < -0.4 is 10.5 Å². The van der Waals surface area contributed by atoms with Crippen molar-refractivity contribution in [3.63, 3.8) is 0 Å². The summed E-state index contributed by atoms with van der Waals surface area (Å²) in [6, 6.07) is 9.51. The maximum atomic E-state index is 14.7. The molecule has 8 heteroatoms. The van der Waals surface area contributed by atoms with Gasteiger partial charge in [0.1, 0.15) is 17.3 Å². The Morgan fingerprint density at radius 2 is 1.97 bits per heavy atom. The lowest BCUT2D eigenvalue weighted by atomic mass is 10.0. The number of fused-ring (bicyclic) bond motifs is 1. The summed E-state index contributed by atoms with van der Waals surface area (Å²) in [5.41, 5.74) is 8.41. The summed E-state index contributed by atoms with van der Waals surface area (Å²) < 4.78 is 20.0. The summed E-state index contributed by atoms with van der Waals surface area (Å²) in [4.78, 5) is 35.6. The molecule has 0 radical (unpaired) electrons. The van der Waals surface area contributed by atoms with Crippen molar-refractivity contribution >= 4 is 11.8 Å². The Hall–Kier alpha value is -3.81. The maximum absolute atomic E-state index is 14.7. The summed E-state index contributed by atoms with van der Waals surface area (Å²) in [6.07, 6.45) is 4.12. The molecule has 2 N–H and O–H groups in total. The number of carbonyl (C=O) groups is 2. The van der Waals surface area contributed by atoms with Crippen molar-refractivity contribution in [2.45, 2.75) is 32.4 Å². The number of nitrogens with zero attached hydrogens (tertiary/aromatic N) is 3. The highest BCUT2D eigenvalue weighted by Gasteiger charge is 2.35. The van der Waals surface area contributed by atoms with Crippen molar-refractivity contribution in [3.8, 4) is 5.75 Å². The van der Waals surface area contributed by atoms with E-state index >= 15 is 0 Å². The number of hydrogen-bond donors (Lipinski definition) is 1. The molecule has 4 rings (SSSR count). The molecule has 2 aromatic heterocycles. The fourth-order valence-electron chi connectivity index (χ4n) is 4.23. The number of amides is 2. The molecule has 0 spiro atoms. The van der Waals surface area contributed by atoms with Gasteiger partial charge in [-0.1, -0.05) is 6.07 Å². The number of nitrogens with two attached hydrogens (primary N) is 1. The third-order valence-electron chi connectivity index (χ3n) is 5.81. The molecule has 32 heavy (non-hydrogen) atoms. The lowest BCUT2D eigenvalue weighted by Crippen LogP contribution is -2.35. The van der Waals surface area contributed by atoms with Gasteiger partial charge in [0.25, 0.3) is 11.8 Å². The second kappa shape index (κ2) is 8.74. The number of rotatable bonds is 6. The number of ether oxygens (including phenoxy) is 1. The fourth-order valence-corrected chi connectivity index (χ4v) is 4.23. The van der Waals surface area contributed by atoms with Crippen LogP contribution in [0, 0.1) is 12.7 Å². The summed E-state index contributed by atoms with van der Waals surface area (Å²) in [7, 11) is 1.47. The fraction of sp³-hybridized carbons (Fsp3) is 0.250. The molecular formula is C24H23FN4O3. The van der Waals surface area contributed by atoms with Gasteiger partial charge in [-0.2, -0.15) is 0 Å². The summed E-state index contributed by atoms with van der Waals surface area (Å²) in [6.45, 7) is 1.85. The first kappa shape index (κ1) is 21.4. The molecule has 164 valence electrons. The normalized spacial score (nSPS) is 14.7. The number of halogens is 1. The predicted molar refractivity (Wildman–Crippen MR) is 116 cm³/mol. The first-order valence-corrected chi connectivity index (χ1v) is 10.2. The average molecular weight is 434 g/mol. The van der Waals surface area contributed by atoms with Gasteiger partial charge in [0.15, 0.2) is 0 Å². The minimum absolute atomic E-state index is 0.0855. The largest absolute Gasteiger partial charge is 0.497 e. The number of pyridine rings is 2. The van der Waals surface area contributed by atoms with E-state index in [0.717, 1.165) is 0 Å². The highest BCUT2D eigenvalue weighted by atomic mass is 19.1. The number of carbonyl (C=O) groups excluding carboxylic acids is 2. The van der Waals surface area contributed by atoms with E-state index < -0.39 is 11.9 Å². The summed E-state index contributed by atoms with van der Waals surface area (Å²) in [5, 5.41) is 0. The molecule has 0 unspecified atom stereocenters. The molecule has 0 saturated carbocycles. The quantitative estimate of drug-likeness (QED) is 0.641. The Morgan fingerprint density at radius 3 is 2.69 bits per heavy atom. The highest BCUT2D eigenvalue weighted by Crippen LogP contribution is 2.41. The van der Waals surface area contributed by atoms with Crippen molar-refractivity contribution in [2.75, 3.05) is 7.11 Å². The van der Waals surface area contributed by atoms with Crippen LogP contribution in [-0.4, -0.2) is 33.8 Å². The molecule has 2 heterocycles. The van der Waals surface area contributed by atoms with Crippen LogP contribution in [-0.2, 0) is 13.0 Å². The molecule has 2 amide bonds. The summed E-state index contributed by atoms with van der Waals surface area (Å²) >= 11 is 0. The van der Waals surface area contributed by atoms with Gasteiger partial charge in [-0.3, -0.25) is 19.6 Å². The molecule has 0 saturated heterocycles. The Labute approximate surface area is 185 Å². The molecule has 0 bridgehead atoms. The number of aryl methyl sites for hydroxylation is 1. The molecule has 1 aliphatic carbocycles. The van der Waals surface area contributed by atoms with Gasteiger partial charge in [-0.25, -0.2) is 4.39 Å². The Bertz CT molecular complexity index is 1200. The smallest absolute Gasteiger partial charge is 0.267 e. The number of aromatic nitrogens is 2. The van der Waals surface area contributed by atoms with Crippen LogP contribution in [0.25, 0.3) is 0 Å². The van der Waals surface area contributed by atoms with Crippen LogP contribution in [0.2, 0.25) is 0 Å². The van der Waals surface area contributed by atoms with Gasteiger partial charge in [0.2, 0.25) is 0 Å². The lowest BCUT2D eigenvalue weighted by molar-refractivity contribution is 0.0654. The summed E-state index contributed by atoms with van der Waals surface area (Å²) in [5.74, 6) is -0.913. The topological polar surface area (TPSA) is 98.4 Å². The maximum Gasteiger partial charge on any atom is 0.267 e. The third-order valence-corrected chi connectivity index (χ3v) is 5.81.